The zero-order valence-corrected chi connectivity index (χ0v) is 11.1. The Morgan fingerprint density at radius 1 is 1.22 bits per heavy atom. The van der Waals surface area contributed by atoms with Crippen LogP contribution in [0.5, 0.6) is 0 Å². The van der Waals surface area contributed by atoms with E-state index in [1.807, 2.05) is 39.0 Å². The summed E-state index contributed by atoms with van der Waals surface area (Å²) < 4.78 is 36.9. The van der Waals surface area contributed by atoms with E-state index in [-0.39, 0.29) is 12.5 Å². The summed E-state index contributed by atoms with van der Waals surface area (Å²) in [4.78, 5) is 0. The van der Waals surface area contributed by atoms with Crippen LogP contribution < -0.4 is 5.32 Å². The molecule has 0 aliphatic rings. The van der Waals surface area contributed by atoms with Gasteiger partial charge in [-0.2, -0.15) is 13.2 Å². The largest absolute Gasteiger partial charge is 0.389 e. The first-order valence-corrected chi connectivity index (χ1v) is 6.20. The maximum Gasteiger partial charge on any atom is 0.389 e. The van der Waals surface area contributed by atoms with Gasteiger partial charge in [-0.3, -0.25) is 0 Å². The predicted molar refractivity (Wildman–Crippen MR) is 67.6 cm³/mol. The molecule has 0 aliphatic heterocycles. The molecule has 4 heteroatoms. The Bertz CT molecular complexity index is 385. The van der Waals surface area contributed by atoms with E-state index in [4.69, 9.17) is 0 Å². The van der Waals surface area contributed by atoms with Crippen LogP contribution in [-0.2, 0) is 0 Å². The molecule has 0 spiro atoms. The maximum absolute atomic E-state index is 12.3. The van der Waals surface area contributed by atoms with Crippen LogP contribution in [0.4, 0.5) is 13.2 Å². The van der Waals surface area contributed by atoms with Crippen molar-refractivity contribution < 1.29 is 13.2 Å². The van der Waals surface area contributed by atoms with Crippen LogP contribution in [-0.4, -0.2) is 12.7 Å². The van der Waals surface area contributed by atoms with E-state index in [0.29, 0.717) is 6.54 Å². The summed E-state index contributed by atoms with van der Waals surface area (Å²) in [6.07, 6.45) is -4.76. The summed E-state index contributed by atoms with van der Waals surface area (Å²) in [5.41, 5.74) is 3.14. The Morgan fingerprint density at radius 2 is 1.89 bits per heavy atom. The van der Waals surface area contributed by atoms with Crippen molar-refractivity contribution >= 4 is 0 Å². The first kappa shape index (κ1) is 15.0. The first-order valence-electron chi connectivity index (χ1n) is 6.20. The third-order valence-corrected chi connectivity index (χ3v) is 2.97. The summed E-state index contributed by atoms with van der Waals surface area (Å²) in [5, 5.41) is 3.13. The van der Waals surface area contributed by atoms with Gasteiger partial charge in [0.25, 0.3) is 0 Å². The van der Waals surface area contributed by atoms with Gasteiger partial charge in [-0.25, -0.2) is 0 Å². The summed E-state index contributed by atoms with van der Waals surface area (Å²) in [6, 6.07) is 5.65. The van der Waals surface area contributed by atoms with Crippen molar-refractivity contribution in [3.8, 4) is 0 Å². The summed E-state index contributed by atoms with van der Waals surface area (Å²) >= 11 is 0. The van der Waals surface area contributed by atoms with Crippen LogP contribution in [0.25, 0.3) is 0 Å². The average Bonchev–Trinajstić information content (AvgIpc) is 2.24. The molecule has 1 atom stereocenters. The number of hydrogen-bond acceptors (Lipinski definition) is 1. The zero-order valence-electron chi connectivity index (χ0n) is 11.1. The minimum atomic E-state index is -4.09. The lowest BCUT2D eigenvalue weighted by Gasteiger charge is -2.21. The molecule has 0 aliphatic carbocycles. The molecule has 0 saturated carbocycles. The molecule has 0 fully saturated rings. The maximum atomic E-state index is 12.3. The van der Waals surface area contributed by atoms with Crippen LogP contribution in [0.3, 0.4) is 0 Å². The number of rotatable bonds is 5. The predicted octanol–water partition coefficient (Wildman–Crippen LogP) is 4.30. The summed E-state index contributed by atoms with van der Waals surface area (Å²) in [7, 11) is 0. The van der Waals surface area contributed by atoms with Gasteiger partial charge in [-0.15, -0.1) is 0 Å². The Kier molecular flexibility index (Phi) is 5.20. The Balaban J connectivity index is 2.83. The number of aryl methyl sites for hydroxylation is 2. The van der Waals surface area contributed by atoms with Gasteiger partial charge < -0.3 is 5.32 Å². The van der Waals surface area contributed by atoms with E-state index in [1.165, 1.54) is 0 Å². The second kappa shape index (κ2) is 6.23. The van der Waals surface area contributed by atoms with Crippen LogP contribution >= 0.6 is 0 Å². The fourth-order valence-electron chi connectivity index (χ4n) is 2.14. The topological polar surface area (TPSA) is 12.0 Å². The van der Waals surface area contributed by atoms with Crippen molar-refractivity contribution in [1.29, 1.82) is 0 Å². The molecule has 0 saturated heterocycles. The van der Waals surface area contributed by atoms with Crippen molar-refractivity contribution in [3.63, 3.8) is 0 Å². The minimum absolute atomic E-state index is 0.0846. The molecule has 0 radical (unpaired) electrons. The highest BCUT2D eigenvalue weighted by molar-refractivity contribution is 5.32. The molecule has 1 N–H and O–H groups in total. The Morgan fingerprint density at radius 3 is 2.39 bits per heavy atom. The van der Waals surface area contributed by atoms with E-state index in [2.05, 4.69) is 5.32 Å². The molecule has 1 unspecified atom stereocenters. The Labute approximate surface area is 106 Å². The SMILES string of the molecule is CCNC(CCC(F)(F)F)c1ccc(C)cc1C. The van der Waals surface area contributed by atoms with Gasteiger partial charge in [-0.1, -0.05) is 30.7 Å². The molecule has 0 aromatic heterocycles. The molecular formula is C14H20F3N. The van der Waals surface area contributed by atoms with Gasteiger partial charge in [0.15, 0.2) is 0 Å². The second-order valence-electron chi connectivity index (χ2n) is 4.62. The highest BCUT2D eigenvalue weighted by atomic mass is 19.4. The molecule has 18 heavy (non-hydrogen) atoms. The average molecular weight is 259 g/mol. The highest BCUT2D eigenvalue weighted by Crippen LogP contribution is 2.29. The van der Waals surface area contributed by atoms with E-state index >= 15 is 0 Å². The second-order valence-corrected chi connectivity index (χ2v) is 4.62. The monoisotopic (exact) mass is 259 g/mol. The molecule has 1 rings (SSSR count). The summed E-state index contributed by atoms with van der Waals surface area (Å²) in [5.74, 6) is 0. The van der Waals surface area contributed by atoms with Gasteiger partial charge in [-0.05, 0) is 37.9 Å². The van der Waals surface area contributed by atoms with Gasteiger partial charge >= 0.3 is 6.18 Å². The lowest BCUT2D eigenvalue weighted by molar-refractivity contribution is -0.136. The third-order valence-electron chi connectivity index (χ3n) is 2.97. The van der Waals surface area contributed by atoms with Gasteiger partial charge in [0.05, 0.1) is 0 Å². The highest BCUT2D eigenvalue weighted by Gasteiger charge is 2.28. The van der Waals surface area contributed by atoms with E-state index < -0.39 is 12.6 Å². The molecule has 1 nitrogen and oxygen atoms in total. The molecule has 102 valence electrons. The van der Waals surface area contributed by atoms with Crippen molar-refractivity contribution in [3.05, 3.63) is 34.9 Å². The molecule has 0 bridgehead atoms. The van der Waals surface area contributed by atoms with Gasteiger partial charge in [0.2, 0.25) is 0 Å². The molecular weight excluding hydrogens is 239 g/mol. The van der Waals surface area contributed by atoms with Gasteiger partial charge in [0.1, 0.15) is 0 Å². The molecule has 0 amide bonds. The van der Waals surface area contributed by atoms with Crippen molar-refractivity contribution in [2.75, 3.05) is 6.54 Å². The van der Waals surface area contributed by atoms with Crippen molar-refractivity contribution in [2.24, 2.45) is 0 Å². The fourth-order valence-corrected chi connectivity index (χ4v) is 2.14. The number of nitrogens with one attached hydrogen (secondary N) is 1. The quantitative estimate of drug-likeness (QED) is 0.831. The molecule has 1 aromatic carbocycles. The fraction of sp³-hybridized carbons (Fsp3) is 0.571. The lowest BCUT2D eigenvalue weighted by atomic mass is 9.96. The number of halogens is 3. The zero-order chi connectivity index (χ0) is 13.8. The van der Waals surface area contributed by atoms with E-state index in [0.717, 1.165) is 16.7 Å². The van der Waals surface area contributed by atoms with E-state index in [1.54, 1.807) is 0 Å². The van der Waals surface area contributed by atoms with Crippen LogP contribution in [0.2, 0.25) is 0 Å². The Hall–Kier alpha value is -1.03. The van der Waals surface area contributed by atoms with Crippen molar-refractivity contribution in [1.82, 2.24) is 5.32 Å². The lowest BCUT2D eigenvalue weighted by Crippen LogP contribution is -2.23. The number of hydrogen-bond donors (Lipinski definition) is 1. The van der Waals surface area contributed by atoms with Gasteiger partial charge in [0, 0.05) is 12.5 Å². The van der Waals surface area contributed by atoms with Crippen LogP contribution in [0.1, 0.15) is 42.5 Å². The van der Waals surface area contributed by atoms with Crippen LogP contribution in [0.15, 0.2) is 18.2 Å². The summed E-state index contributed by atoms with van der Waals surface area (Å²) in [6.45, 7) is 6.50. The normalized spacial score (nSPS) is 13.7. The molecule has 0 heterocycles. The number of benzene rings is 1. The van der Waals surface area contributed by atoms with Crippen LogP contribution in [0, 0.1) is 13.8 Å². The third kappa shape index (κ3) is 4.69. The van der Waals surface area contributed by atoms with E-state index in [9.17, 15) is 13.2 Å². The first-order chi connectivity index (χ1) is 8.33. The van der Waals surface area contributed by atoms with Crippen molar-refractivity contribution in [2.45, 2.75) is 45.8 Å². The molecule has 1 aromatic rings. The standard InChI is InChI=1S/C14H20F3N/c1-4-18-13(7-8-14(15,16)17)12-6-5-10(2)9-11(12)3/h5-6,9,13,18H,4,7-8H2,1-3H3. The minimum Gasteiger partial charge on any atom is -0.310 e. The smallest absolute Gasteiger partial charge is 0.310 e. The number of alkyl halides is 3.